The van der Waals surface area contributed by atoms with E-state index >= 15 is 0 Å². The second kappa shape index (κ2) is 7.25. The van der Waals surface area contributed by atoms with Gasteiger partial charge in [0.2, 0.25) is 0 Å². The molecule has 0 amide bonds. The van der Waals surface area contributed by atoms with Gasteiger partial charge in [-0.05, 0) is 37.4 Å². The summed E-state index contributed by atoms with van der Waals surface area (Å²) in [7, 11) is 0. The van der Waals surface area contributed by atoms with Crippen molar-refractivity contribution in [3.8, 4) is 0 Å². The van der Waals surface area contributed by atoms with Gasteiger partial charge in [0.25, 0.3) is 0 Å². The third-order valence-corrected chi connectivity index (χ3v) is 4.36. The molecule has 1 aliphatic carbocycles. The number of hydrogen-bond acceptors (Lipinski definition) is 1. The van der Waals surface area contributed by atoms with Gasteiger partial charge in [0.1, 0.15) is 5.82 Å². The zero-order valence-electron chi connectivity index (χ0n) is 11.6. The Kier molecular flexibility index (Phi) is 5.65. The van der Waals surface area contributed by atoms with E-state index in [-0.39, 0.29) is 11.9 Å². The summed E-state index contributed by atoms with van der Waals surface area (Å²) in [4.78, 5) is 0. The molecule has 1 aromatic carbocycles. The molecule has 1 saturated carbocycles. The molecule has 1 atom stereocenters. The number of hydrogen-bond donors (Lipinski definition) is 1. The molecule has 0 radical (unpaired) electrons. The summed E-state index contributed by atoms with van der Waals surface area (Å²) in [6.07, 6.45) is 7.23. The highest BCUT2D eigenvalue weighted by atomic mass is 35.5. The van der Waals surface area contributed by atoms with Crippen molar-refractivity contribution in [2.24, 2.45) is 5.92 Å². The average molecular weight is 284 g/mol. The lowest BCUT2D eigenvalue weighted by atomic mass is 9.93. The first-order valence-corrected chi connectivity index (χ1v) is 7.77. The van der Waals surface area contributed by atoms with Crippen molar-refractivity contribution in [3.63, 3.8) is 0 Å². The zero-order valence-corrected chi connectivity index (χ0v) is 12.3. The fraction of sp³-hybridized carbons (Fsp3) is 0.625. The molecule has 0 saturated heterocycles. The summed E-state index contributed by atoms with van der Waals surface area (Å²) in [5.41, 5.74) is 0.657. The van der Waals surface area contributed by atoms with Crippen LogP contribution in [-0.4, -0.2) is 6.54 Å². The standard InChI is InChI=1S/C16H23ClFN/c1-2-10-19-15(11-12-6-3-4-7-12)16-13(17)8-5-9-14(16)18/h5,8-9,12,15,19H,2-4,6-7,10-11H2,1H3. The number of nitrogens with one attached hydrogen (secondary N) is 1. The van der Waals surface area contributed by atoms with Crippen molar-refractivity contribution in [1.82, 2.24) is 5.32 Å². The average Bonchev–Trinajstić information content (AvgIpc) is 2.88. The van der Waals surface area contributed by atoms with Crippen LogP contribution in [0.4, 0.5) is 4.39 Å². The maximum atomic E-state index is 14.1. The van der Waals surface area contributed by atoms with Gasteiger partial charge < -0.3 is 5.32 Å². The summed E-state index contributed by atoms with van der Waals surface area (Å²) in [5.74, 6) is 0.532. The Bertz CT molecular complexity index is 381. The van der Waals surface area contributed by atoms with Crippen molar-refractivity contribution in [1.29, 1.82) is 0 Å². The van der Waals surface area contributed by atoms with Crippen molar-refractivity contribution in [2.45, 2.75) is 51.5 Å². The van der Waals surface area contributed by atoms with Crippen LogP contribution < -0.4 is 5.32 Å². The minimum atomic E-state index is -0.181. The Morgan fingerprint density at radius 3 is 2.74 bits per heavy atom. The lowest BCUT2D eigenvalue weighted by Crippen LogP contribution is -2.25. The molecule has 0 bridgehead atoms. The van der Waals surface area contributed by atoms with Gasteiger partial charge in [0.15, 0.2) is 0 Å². The molecule has 1 fully saturated rings. The Labute approximate surface area is 120 Å². The molecule has 1 aliphatic rings. The second-order valence-electron chi connectivity index (χ2n) is 5.53. The van der Waals surface area contributed by atoms with Gasteiger partial charge in [-0.2, -0.15) is 0 Å². The van der Waals surface area contributed by atoms with E-state index in [9.17, 15) is 4.39 Å². The SMILES string of the molecule is CCCNC(CC1CCCC1)c1c(F)cccc1Cl. The quantitative estimate of drug-likeness (QED) is 0.766. The summed E-state index contributed by atoms with van der Waals surface area (Å²) >= 11 is 6.21. The fourth-order valence-corrected chi connectivity index (χ4v) is 3.34. The van der Waals surface area contributed by atoms with Crippen LogP contribution in [0, 0.1) is 11.7 Å². The van der Waals surface area contributed by atoms with E-state index in [4.69, 9.17) is 11.6 Å². The minimum absolute atomic E-state index is 0.0525. The van der Waals surface area contributed by atoms with Crippen LogP contribution in [-0.2, 0) is 0 Å². The highest BCUT2D eigenvalue weighted by Crippen LogP contribution is 2.36. The van der Waals surface area contributed by atoms with Gasteiger partial charge in [-0.3, -0.25) is 0 Å². The van der Waals surface area contributed by atoms with Gasteiger partial charge in [0.05, 0.1) is 0 Å². The molecule has 0 spiro atoms. The van der Waals surface area contributed by atoms with Crippen LogP contribution >= 0.6 is 11.6 Å². The third-order valence-electron chi connectivity index (χ3n) is 4.03. The lowest BCUT2D eigenvalue weighted by Gasteiger charge is -2.23. The molecular formula is C16H23ClFN. The summed E-state index contributed by atoms with van der Waals surface area (Å²) < 4.78 is 14.1. The summed E-state index contributed by atoms with van der Waals surface area (Å²) in [6.45, 7) is 3.03. The van der Waals surface area contributed by atoms with Crippen LogP contribution in [0.3, 0.4) is 0 Å². The van der Waals surface area contributed by atoms with E-state index in [0.29, 0.717) is 16.5 Å². The molecule has 0 aliphatic heterocycles. The van der Waals surface area contributed by atoms with Crippen LogP contribution in [0.1, 0.15) is 57.1 Å². The molecule has 2 rings (SSSR count). The van der Waals surface area contributed by atoms with Crippen LogP contribution in [0.15, 0.2) is 18.2 Å². The summed E-state index contributed by atoms with van der Waals surface area (Å²) in [5, 5.41) is 4.02. The number of halogens is 2. The summed E-state index contributed by atoms with van der Waals surface area (Å²) in [6, 6.07) is 5.02. The molecule has 19 heavy (non-hydrogen) atoms. The minimum Gasteiger partial charge on any atom is -0.310 e. The third kappa shape index (κ3) is 3.93. The van der Waals surface area contributed by atoms with Gasteiger partial charge >= 0.3 is 0 Å². The molecule has 106 valence electrons. The fourth-order valence-electron chi connectivity index (χ4n) is 3.04. The van der Waals surface area contributed by atoms with Gasteiger partial charge in [-0.1, -0.05) is 50.3 Å². The van der Waals surface area contributed by atoms with Crippen LogP contribution in [0.25, 0.3) is 0 Å². The smallest absolute Gasteiger partial charge is 0.129 e. The molecule has 1 aromatic rings. The topological polar surface area (TPSA) is 12.0 Å². The Hall–Kier alpha value is -0.600. The molecule has 3 heteroatoms. The maximum Gasteiger partial charge on any atom is 0.129 e. The molecule has 0 aromatic heterocycles. The van der Waals surface area contributed by atoms with E-state index in [1.165, 1.54) is 31.7 Å². The van der Waals surface area contributed by atoms with Crippen molar-refractivity contribution in [2.75, 3.05) is 6.54 Å². The molecule has 0 heterocycles. The first-order chi connectivity index (χ1) is 9.22. The van der Waals surface area contributed by atoms with E-state index in [2.05, 4.69) is 12.2 Å². The van der Waals surface area contributed by atoms with Gasteiger partial charge in [-0.25, -0.2) is 4.39 Å². The lowest BCUT2D eigenvalue weighted by molar-refractivity contribution is 0.385. The van der Waals surface area contributed by atoms with E-state index in [1.807, 2.05) is 0 Å². The van der Waals surface area contributed by atoms with Crippen LogP contribution in [0.5, 0.6) is 0 Å². The normalized spacial score (nSPS) is 17.8. The highest BCUT2D eigenvalue weighted by molar-refractivity contribution is 6.31. The van der Waals surface area contributed by atoms with E-state index in [0.717, 1.165) is 19.4 Å². The monoisotopic (exact) mass is 283 g/mol. The number of benzene rings is 1. The number of rotatable bonds is 6. The highest BCUT2D eigenvalue weighted by Gasteiger charge is 2.24. The first kappa shape index (κ1) is 14.8. The molecule has 1 unspecified atom stereocenters. The molecule has 1 N–H and O–H groups in total. The largest absolute Gasteiger partial charge is 0.310 e. The predicted molar refractivity (Wildman–Crippen MR) is 79.0 cm³/mol. The van der Waals surface area contributed by atoms with E-state index in [1.54, 1.807) is 12.1 Å². The van der Waals surface area contributed by atoms with Crippen molar-refractivity contribution >= 4 is 11.6 Å². The molecular weight excluding hydrogens is 261 g/mol. The van der Waals surface area contributed by atoms with Crippen LogP contribution in [0.2, 0.25) is 5.02 Å². The zero-order chi connectivity index (χ0) is 13.7. The van der Waals surface area contributed by atoms with Gasteiger partial charge in [0, 0.05) is 16.6 Å². The van der Waals surface area contributed by atoms with Crippen molar-refractivity contribution < 1.29 is 4.39 Å². The van der Waals surface area contributed by atoms with Crippen molar-refractivity contribution in [3.05, 3.63) is 34.6 Å². The Morgan fingerprint density at radius 1 is 1.37 bits per heavy atom. The van der Waals surface area contributed by atoms with E-state index < -0.39 is 0 Å². The van der Waals surface area contributed by atoms with Gasteiger partial charge in [-0.15, -0.1) is 0 Å². The Balaban J connectivity index is 2.15. The molecule has 1 nitrogen and oxygen atoms in total. The maximum absolute atomic E-state index is 14.1. The second-order valence-corrected chi connectivity index (χ2v) is 5.94. The predicted octanol–water partition coefficient (Wildman–Crippen LogP) is 5.10. The Morgan fingerprint density at radius 2 is 2.11 bits per heavy atom. The first-order valence-electron chi connectivity index (χ1n) is 7.39.